The van der Waals surface area contributed by atoms with Crippen molar-refractivity contribution < 1.29 is 27.6 Å². The van der Waals surface area contributed by atoms with Gasteiger partial charge in [-0.2, -0.15) is 13.2 Å². The molecular formula is C25H33F3N6O3. The molecule has 0 aliphatic rings. The number of carbonyl (C=O) groups excluding carboxylic acids is 3. The Labute approximate surface area is 213 Å². The molecule has 2 aromatic carbocycles. The van der Waals surface area contributed by atoms with E-state index in [1.165, 1.54) is 24.1 Å². The molecule has 0 aliphatic heterocycles. The Kier molecular flexibility index (Phi) is 11.0. The van der Waals surface area contributed by atoms with Crippen LogP contribution in [0.2, 0.25) is 0 Å². The number of likely N-dealkylation sites (N-methyl/N-ethyl adjacent to an activating group) is 1. The van der Waals surface area contributed by atoms with Crippen molar-refractivity contribution in [1.82, 2.24) is 10.2 Å². The zero-order valence-corrected chi connectivity index (χ0v) is 20.5. The third-order valence-corrected chi connectivity index (χ3v) is 5.87. The summed E-state index contributed by atoms with van der Waals surface area (Å²) in [6.07, 6.45) is -4.39. The molecule has 0 unspecified atom stereocenters. The second kappa shape index (κ2) is 13.7. The summed E-state index contributed by atoms with van der Waals surface area (Å²) in [5.41, 5.74) is 17.0. The van der Waals surface area contributed by atoms with Gasteiger partial charge in [0, 0.05) is 25.8 Å². The number of carbonyl (C=O) groups is 3. The van der Waals surface area contributed by atoms with Crippen molar-refractivity contribution in [2.45, 2.75) is 43.6 Å². The Morgan fingerprint density at radius 1 is 0.973 bits per heavy atom. The van der Waals surface area contributed by atoms with Crippen molar-refractivity contribution in [1.29, 1.82) is 0 Å². The van der Waals surface area contributed by atoms with Crippen LogP contribution in [0.4, 0.5) is 18.9 Å². The number of alkyl halides is 3. The largest absolute Gasteiger partial charge is 0.416 e. The van der Waals surface area contributed by atoms with Crippen LogP contribution in [0.5, 0.6) is 0 Å². The summed E-state index contributed by atoms with van der Waals surface area (Å²) in [4.78, 5) is 39.6. The van der Waals surface area contributed by atoms with Crippen molar-refractivity contribution in [3.8, 4) is 0 Å². The lowest BCUT2D eigenvalue weighted by Gasteiger charge is -2.27. The quantitative estimate of drug-likeness (QED) is 0.282. The molecule has 8 N–H and O–H groups in total. The molecule has 2 aromatic rings. The second-order valence-electron chi connectivity index (χ2n) is 8.59. The predicted octanol–water partition coefficient (Wildman–Crippen LogP) is 1.22. The Morgan fingerprint density at radius 2 is 1.62 bits per heavy atom. The summed E-state index contributed by atoms with van der Waals surface area (Å²) < 4.78 is 39.2. The van der Waals surface area contributed by atoms with Crippen molar-refractivity contribution in [2.75, 3.05) is 25.5 Å². The molecular weight excluding hydrogens is 489 g/mol. The Bertz CT molecular complexity index is 1050. The second-order valence-corrected chi connectivity index (χ2v) is 8.59. The van der Waals surface area contributed by atoms with Gasteiger partial charge in [-0.15, -0.1) is 0 Å². The molecule has 0 radical (unpaired) electrons. The Morgan fingerprint density at radius 3 is 2.22 bits per heavy atom. The molecule has 37 heavy (non-hydrogen) atoms. The van der Waals surface area contributed by atoms with E-state index in [1.54, 1.807) is 0 Å². The van der Waals surface area contributed by atoms with Gasteiger partial charge in [-0.25, -0.2) is 0 Å². The Hall–Kier alpha value is -3.48. The SMILES string of the molecule is CN(C(=O)C[C@H](N)C(=O)N[C@@H](CCc1ccccc1)C(=O)Nc1cccc(C(F)(F)F)c1)C(CN)CN. The highest BCUT2D eigenvalue weighted by Crippen LogP contribution is 2.30. The minimum Gasteiger partial charge on any atom is -0.343 e. The topological polar surface area (TPSA) is 157 Å². The summed E-state index contributed by atoms with van der Waals surface area (Å²) in [5, 5.41) is 4.96. The van der Waals surface area contributed by atoms with E-state index in [1.807, 2.05) is 30.3 Å². The van der Waals surface area contributed by atoms with Crippen LogP contribution in [-0.4, -0.2) is 60.9 Å². The average Bonchev–Trinajstić information content (AvgIpc) is 2.87. The highest BCUT2D eigenvalue weighted by atomic mass is 19.4. The first-order chi connectivity index (χ1) is 17.5. The van der Waals surface area contributed by atoms with Crippen LogP contribution in [0.25, 0.3) is 0 Å². The molecule has 3 amide bonds. The van der Waals surface area contributed by atoms with Crippen LogP contribution >= 0.6 is 0 Å². The molecule has 0 bridgehead atoms. The number of nitrogens with two attached hydrogens (primary N) is 3. The van der Waals surface area contributed by atoms with Gasteiger partial charge in [-0.05, 0) is 36.6 Å². The van der Waals surface area contributed by atoms with Gasteiger partial charge in [0.05, 0.1) is 24.1 Å². The van der Waals surface area contributed by atoms with Crippen molar-refractivity contribution in [3.63, 3.8) is 0 Å². The van der Waals surface area contributed by atoms with Crippen LogP contribution in [0.1, 0.15) is 24.0 Å². The lowest BCUT2D eigenvalue weighted by molar-refractivity contribution is -0.137. The van der Waals surface area contributed by atoms with Gasteiger partial charge < -0.3 is 32.7 Å². The summed E-state index contributed by atoms with van der Waals surface area (Å²) in [6.45, 7) is 0.273. The van der Waals surface area contributed by atoms with E-state index in [0.29, 0.717) is 6.42 Å². The maximum Gasteiger partial charge on any atom is 0.416 e. The first-order valence-electron chi connectivity index (χ1n) is 11.7. The average molecular weight is 523 g/mol. The molecule has 0 saturated carbocycles. The molecule has 12 heteroatoms. The number of aryl methyl sites for hydroxylation is 1. The fraction of sp³-hybridized carbons (Fsp3) is 0.400. The smallest absolute Gasteiger partial charge is 0.343 e. The fourth-order valence-corrected chi connectivity index (χ4v) is 3.55. The molecule has 0 fully saturated rings. The molecule has 0 spiro atoms. The lowest BCUT2D eigenvalue weighted by Crippen LogP contribution is -2.53. The van der Waals surface area contributed by atoms with E-state index in [0.717, 1.165) is 17.7 Å². The number of nitrogens with one attached hydrogen (secondary N) is 2. The number of halogens is 3. The van der Waals surface area contributed by atoms with Crippen molar-refractivity contribution in [2.24, 2.45) is 17.2 Å². The number of nitrogens with zero attached hydrogens (tertiary/aromatic N) is 1. The fourth-order valence-electron chi connectivity index (χ4n) is 3.55. The van der Waals surface area contributed by atoms with Gasteiger partial charge in [0.1, 0.15) is 6.04 Å². The van der Waals surface area contributed by atoms with Crippen molar-refractivity contribution in [3.05, 3.63) is 65.7 Å². The summed E-state index contributed by atoms with van der Waals surface area (Å²) in [6, 6.07) is 10.5. The minimum absolute atomic E-state index is 0.0745. The minimum atomic E-state index is -4.58. The van der Waals surface area contributed by atoms with E-state index in [2.05, 4.69) is 10.6 Å². The van der Waals surface area contributed by atoms with Gasteiger partial charge in [-0.1, -0.05) is 36.4 Å². The van der Waals surface area contributed by atoms with E-state index < -0.39 is 47.6 Å². The summed E-state index contributed by atoms with van der Waals surface area (Å²) in [5.74, 6) is -1.92. The number of hydrogen-bond acceptors (Lipinski definition) is 6. The Balaban J connectivity index is 2.13. The predicted molar refractivity (Wildman–Crippen MR) is 134 cm³/mol. The van der Waals surface area contributed by atoms with Gasteiger partial charge in [-0.3, -0.25) is 14.4 Å². The lowest BCUT2D eigenvalue weighted by atomic mass is 10.0. The number of rotatable bonds is 12. The maximum absolute atomic E-state index is 13.1. The normalized spacial score (nSPS) is 13.1. The highest BCUT2D eigenvalue weighted by Gasteiger charge is 2.31. The molecule has 9 nitrogen and oxygen atoms in total. The van der Waals surface area contributed by atoms with E-state index in [9.17, 15) is 27.6 Å². The third kappa shape index (κ3) is 9.16. The molecule has 202 valence electrons. The standard InChI is InChI=1S/C25H33F3N6O3/c1-34(19(14-29)15-30)22(35)13-20(31)23(36)33-21(11-10-16-6-3-2-4-7-16)24(37)32-18-9-5-8-17(12-18)25(26,27)28/h2-9,12,19-21H,10-11,13-15,29-31H2,1H3,(H,32,37)(H,33,36)/t20-,21-/m0/s1. The molecule has 0 heterocycles. The van der Waals surface area contributed by atoms with Gasteiger partial charge in [0.15, 0.2) is 0 Å². The van der Waals surface area contributed by atoms with Gasteiger partial charge in [0.2, 0.25) is 17.7 Å². The number of benzene rings is 2. The van der Waals surface area contributed by atoms with Crippen molar-refractivity contribution >= 4 is 23.4 Å². The first-order valence-corrected chi connectivity index (χ1v) is 11.7. The highest BCUT2D eigenvalue weighted by molar-refractivity contribution is 5.98. The van der Waals surface area contributed by atoms with Crippen LogP contribution in [-0.2, 0) is 27.0 Å². The number of hydrogen-bond donors (Lipinski definition) is 5. The molecule has 0 aromatic heterocycles. The van der Waals surface area contributed by atoms with Crippen LogP contribution in [0.3, 0.4) is 0 Å². The molecule has 0 aliphatic carbocycles. The zero-order chi connectivity index (χ0) is 27.6. The van der Waals surface area contributed by atoms with Crippen LogP contribution < -0.4 is 27.8 Å². The van der Waals surface area contributed by atoms with Crippen LogP contribution in [0.15, 0.2) is 54.6 Å². The summed E-state index contributed by atoms with van der Waals surface area (Å²) >= 11 is 0. The molecule has 2 rings (SSSR count). The first kappa shape index (κ1) is 29.7. The van der Waals surface area contributed by atoms with Crippen LogP contribution in [0, 0.1) is 0 Å². The van der Waals surface area contributed by atoms with E-state index in [4.69, 9.17) is 17.2 Å². The third-order valence-electron chi connectivity index (χ3n) is 5.87. The van der Waals surface area contributed by atoms with Gasteiger partial charge in [0.25, 0.3) is 0 Å². The molecule has 0 saturated heterocycles. The van der Waals surface area contributed by atoms with E-state index in [-0.39, 0.29) is 31.6 Å². The van der Waals surface area contributed by atoms with Gasteiger partial charge >= 0.3 is 6.18 Å². The number of amides is 3. The molecule has 2 atom stereocenters. The number of anilines is 1. The maximum atomic E-state index is 13.1. The summed E-state index contributed by atoms with van der Waals surface area (Å²) in [7, 11) is 1.50. The van der Waals surface area contributed by atoms with E-state index >= 15 is 0 Å². The monoisotopic (exact) mass is 522 g/mol. The zero-order valence-electron chi connectivity index (χ0n) is 20.5.